The topological polar surface area (TPSA) is 45.4 Å². The van der Waals surface area contributed by atoms with Crippen LogP contribution < -0.4 is 5.73 Å². The highest BCUT2D eigenvalue weighted by molar-refractivity contribution is 7.15. The largest absolute Gasteiger partial charge is 0.375 e. The quantitative estimate of drug-likeness (QED) is 0.876. The number of hydrogen-bond donors (Lipinski definition) is 1. The van der Waals surface area contributed by atoms with Gasteiger partial charge in [0.05, 0.1) is 0 Å². The summed E-state index contributed by atoms with van der Waals surface area (Å²) >= 11 is 1.61. The summed E-state index contributed by atoms with van der Waals surface area (Å²) in [7, 11) is 0. The van der Waals surface area contributed by atoms with E-state index in [9.17, 15) is 0 Å². The lowest BCUT2D eigenvalue weighted by atomic mass is 10.2. The zero-order chi connectivity index (χ0) is 11.7. The monoisotopic (exact) mass is 252 g/mol. The predicted octanol–water partition coefficient (Wildman–Crippen LogP) is 1.25. The molecule has 0 aromatic carbocycles. The van der Waals surface area contributed by atoms with E-state index in [1.54, 1.807) is 11.3 Å². The average molecular weight is 252 g/mol. The van der Waals surface area contributed by atoms with E-state index < -0.39 is 0 Å². The molecule has 3 rings (SSSR count). The molecule has 1 saturated heterocycles. The standard InChI is InChI=1S/C12H20N4S/c13-12-14-7-11(17-12)9-16-5-3-15(4-6-16)8-10-1-2-10/h7,10H,1-6,8-9H2,(H2,13,14). The molecule has 0 unspecified atom stereocenters. The molecule has 1 aliphatic heterocycles. The van der Waals surface area contributed by atoms with Crippen LogP contribution in [0.4, 0.5) is 5.13 Å². The third-order valence-corrected chi connectivity index (χ3v) is 4.44. The lowest BCUT2D eigenvalue weighted by Gasteiger charge is -2.34. The van der Waals surface area contributed by atoms with Crippen LogP contribution in [0.25, 0.3) is 0 Å². The first kappa shape index (κ1) is 11.4. The van der Waals surface area contributed by atoms with Crippen molar-refractivity contribution in [3.05, 3.63) is 11.1 Å². The number of nitrogen functional groups attached to an aromatic ring is 1. The molecule has 17 heavy (non-hydrogen) atoms. The molecule has 1 aromatic heterocycles. The molecule has 0 radical (unpaired) electrons. The highest BCUT2D eigenvalue weighted by Gasteiger charge is 2.26. The maximum atomic E-state index is 5.65. The molecule has 0 atom stereocenters. The van der Waals surface area contributed by atoms with Gasteiger partial charge < -0.3 is 10.6 Å². The van der Waals surface area contributed by atoms with Crippen LogP contribution in [0.5, 0.6) is 0 Å². The molecule has 4 nitrogen and oxygen atoms in total. The lowest BCUT2D eigenvalue weighted by Crippen LogP contribution is -2.46. The van der Waals surface area contributed by atoms with Crippen LogP contribution in [-0.2, 0) is 6.54 Å². The maximum Gasteiger partial charge on any atom is 0.180 e. The predicted molar refractivity (Wildman–Crippen MR) is 71.0 cm³/mol. The van der Waals surface area contributed by atoms with Gasteiger partial charge in [0.2, 0.25) is 0 Å². The SMILES string of the molecule is Nc1ncc(CN2CCN(CC3CC3)CC2)s1. The summed E-state index contributed by atoms with van der Waals surface area (Å²) in [5, 5.41) is 0.687. The Balaban J connectivity index is 1.44. The van der Waals surface area contributed by atoms with Gasteiger partial charge in [-0.15, -0.1) is 11.3 Å². The Morgan fingerprint density at radius 2 is 1.94 bits per heavy atom. The van der Waals surface area contributed by atoms with Crippen molar-refractivity contribution in [1.82, 2.24) is 14.8 Å². The van der Waals surface area contributed by atoms with Gasteiger partial charge in [0.25, 0.3) is 0 Å². The molecule has 5 heteroatoms. The van der Waals surface area contributed by atoms with Gasteiger partial charge in [0.1, 0.15) is 0 Å². The molecule has 0 amide bonds. The molecule has 2 fully saturated rings. The van der Waals surface area contributed by atoms with Crippen molar-refractivity contribution in [1.29, 1.82) is 0 Å². The Labute approximate surface area is 106 Å². The van der Waals surface area contributed by atoms with E-state index >= 15 is 0 Å². The van der Waals surface area contributed by atoms with Crippen LogP contribution in [0, 0.1) is 5.92 Å². The first-order valence-corrected chi connectivity index (χ1v) is 7.26. The molecule has 94 valence electrons. The highest BCUT2D eigenvalue weighted by Crippen LogP contribution is 2.30. The molecular formula is C12H20N4S. The average Bonchev–Trinajstić information content (AvgIpc) is 3.04. The Bertz CT molecular complexity index is 366. The van der Waals surface area contributed by atoms with Crippen molar-refractivity contribution in [2.45, 2.75) is 19.4 Å². The number of hydrogen-bond acceptors (Lipinski definition) is 5. The van der Waals surface area contributed by atoms with Gasteiger partial charge in [-0.05, 0) is 18.8 Å². The minimum atomic E-state index is 0.687. The van der Waals surface area contributed by atoms with E-state index in [0.29, 0.717) is 5.13 Å². The number of rotatable bonds is 4. The fourth-order valence-corrected chi connectivity index (χ4v) is 3.14. The van der Waals surface area contributed by atoms with Gasteiger partial charge in [0.15, 0.2) is 5.13 Å². The van der Waals surface area contributed by atoms with Gasteiger partial charge in [-0.25, -0.2) is 4.98 Å². The highest BCUT2D eigenvalue weighted by atomic mass is 32.1. The molecule has 1 aliphatic carbocycles. The van der Waals surface area contributed by atoms with Crippen molar-refractivity contribution in [2.24, 2.45) is 5.92 Å². The zero-order valence-corrected chi connectivity index (χ0v) is 11.0. The second-order valence-corrected chi connectivity index (χ2v) is 6.33. The van der Waals surface area contributed by atoms with E-state index in [-0.39, 0.29) is 0 Å². The number of aromatic nitrogens is 1. The molecule has 2 N–H and O–H groups in total. The fraction of sp³-hybridized carbons (Fsp3) is 0.750. The molecule has 0 spiro atoms. The molecule has 1 aromatic rings. The maximum absolute atomic E-state index is 5.65. The van der Waals surface area contributed by atoms with Crippen molar-refractivity contribution in [3.8, 4) is 0 Å². The van der Waals surface area contributed by atoms with Crippen LogP contribution in [-0.4, -0.2) is 47.5 Å². The van der Waals surface area contributed by atoms with Crippen LogP contribution in [0.2, 0.25) is 0 Å². The second-order valence-electron chi connectivity index (χ2n) is 5.18. The number of anilines is 1. The second kappa shape index (κ2) is 4.92. The van der Waals surface area contributed by atoms with Crippen molar-refractivity contribution < 1.29 is 0 Å². The molecule has 0 bridgehead atoms. The lowest BCUT2D eigenvalue weighted by molar-refractivity contribution is 0.124. The summed E-state index contributed by atoms with van der Waals surface area (Å²) in [6.07, 6.45) is 4.83. The minimum Gasteiger partial charge on any atom is -0.375 e. The summed E-state index contributed by atoms with van der Waals surface area (Å²) in [5.41, 5.74) is 5.65. The summed E-state index contributed by atoms with van der Waals surface area (Å²) in [4.78, 5) is 10.5. The molecule has 1 saturated carbocycles. The van der Waals surface area contributed by atoms with Crippen LogP contribution in [0.15, 0.2) is 6.20 Å². The van der Waals surface area contributed by atoms with Crippen molar-refractivity contribution in [3.63, 3.8) is 0 Å². The van der Waals surface area contributed by atoms with E-state index in [1.807, 2.05) is 6.20 Å². The summed E-state index contributed by atoms with van der Waals surface area (Å²) in [5.74, 6) is 1.02. The van der Waals surface area contributed by atoms with Gasteiger partial charge in [-0.1, -0.05) is 0 Å². The summed E-state index contributed by atoms with van der Waals surface area (Å²) < 4.78 is 0. The molecule has 2 heterocycles. The Morgan fingerprint density at radius 1 is 1.24 bits per heavy atom. The van der Waals surface area contributed by atoms with E-state index in [1.165, 1.54) is 50.4 Å². The van der Waals surface area contributed by atoms with Gasteiger partial charge >= 0.3 is 0 Å². The molecular weight excluding hydrogens is 232 g/mol. The number of piperazine rings is 1. The van der Waals surface area contributed by atoms with E-state index in [0.717, 1.165) is 12.5 Å². The number of nitrogens with two attached hydrogens (primary N) is 1. The normalized spacial score (nSPS) is 23.1. The summed E-state index contributed by atoms with van der Waals surface area (Å²) in [6, 6.07) is 0. The third kappa shape index (κ3) is 3.18. The smallest absolute Gasteiger partial charge is 0.180 e. The van der Waals surface area contributed by atoms with Gasteiger partial charge in [-0.2, -0.15) is 0 Å². The fourth-order valence-electron chi connectivity index (χ4n) is 2.41. The number of nitrogens with zero attached hydrogens (tertiary/aromatic N) is 3. The van der Waals surface area contributed by atoms with Crippen molar-refractivity contribution >= 4 is 16.5 Å². The first-order valence-electron chi connectivity index (χ1n) is 6.44. The first-order chi connectivity index (χ1) is 8.29. The van der Waals surface area contributed by atoms with Crippen LogP contribution in [0.3, 0.4) is 0 Å². The Morgan fingerprint density at radius 3 is 2.53 bits per heavy atom. The summed E-state index contributed by atoms with van der Waals surface area (Å²) in [6.45, 7) is 7.18. The van der Waals surface area contributed by atoms with Gasteiger partial charge in [-0.3, -0.25) is 4.90 Å². The van der Waals surface area contributed by atoms with E-state index in [4.69, 9.17) is 5.73 Å². The minimum absolute atomic E-state index is 0.687. The molecule has 2 aliphatic rings. The third-order valence-electron chi connectivity index (χ3n) is 3.63. The Hall–Kier alpha value is -0.650. The van der Waals surface area contributed by atoms with Gasteiger partial charge in [0, 0.05) is 50.3 Å². The van der Waals surface area contributed by atoms with E-state index in [2.05, 4.69) is 14.8 Å². The Kier molecular flexibility index (Phi) is 3.31. The van der Waals surface area contributed by atoms with Crippen LogP contribution >= 0.6 is 11.3 Å². The zero-order valence-electron chi connectivity index (χ0n) is 10.1. The van der Waals surface area contributed by atoms with Crippen molar-refractivity contribution in [2.75, 3.05) is 38.5 Å². The van der Waals surface area contributed by atoms with Crippen LogP contribution in [0.1, 0.15) is 17.7 Å². The number of thiazole rings is 1.